The van der Waals surface area contributed by atoms with Crippen LogP contribution < -0.4 is 10.1 Å². The first kappa shape index (κ1) is 20.0. The Morgan fingerprint density at radius 1 is 1.07 bits per heavy atom. The van der Waals surface area contributed by atoms with E-state index in [2.05, 4.69) is 54.7 Å². The molecule has 28 heavy (non-hydrogen) atoms. The minimum atomic E-state index is -0.133. The van der Waals surface area contributed by atoms with Gasteiger partial charge in [0, 0.05) is 12.3 Å². The van der Waals surface area contributed by atoms with Gasteiger partial charge in [0.1, 0.15) is 17.1 Å². The molecule has 0 aliphatic rings. The van der Waals surface area contributed by atoms with Crippen LogP contribution in [0.2, 0.25) is 0 Å². The summed E-state index contributed by atoms with van der Waals surface area (Å²) in [5, 5.41) is 3.92. The number of rotatable bonds is 9. The molecule has 3 rings (SSSR count). The summed E-state index contributed by atoms with van der Waals surface area (Å²) in [5.41, 5.74) is 3.40. The Kier molecular flexibility index (Phi) is 6.75. The predicted octanol–water partition coefficient (Wildman–Crippen LogP) is 5.59. The average Bonchev–Trinajstić information content (AvgIpc) is 3.11. The van der Waals surface area contributed by atoms with Gasteiger partial charge in [-0.2, -0.15) is 0 Å². The summed E-state index contributed by atoms with van der Waals surface area (Å²) in [7, 11) is 0. The van der Waals surface area contributed by atoms with Crippen LogP contribution in [-0.2, 0) is 17.6 Å². The fourth-order valence-corrected chi connectivity index (χ4v) is 3.22. The number of carbonyl (C=O) groups excluding carboxylic acids is 1. The minimum Gasteiger partial charge on any atom is -0.494 e. The van der Waals surface area contributed by atoms with E-state index in [1.165, 1.54) is 18.1 Å². The molecule has 1 unspecified atom stereocenters. The molecule has 1 amide bonds. The minimum absolute atomic E-state index is 0.0598. The molecule has 1 aromatic heterocycles. The highest BCUT2D eigenvalue weighted by Crippen LogP contribution is 2.25. The third-order valence-corrected chi connectivity index (χ3v) is 4.84. The van der Waals surface area contributed by atoms with Crippen molar-refractivity contribution in [3.05, 3.63) is 65.4 Å². The Hall–Kier alpha value is -2.75. The van der Waals surface area contributed by atoms with E-state index >= 15 is 0 Å². The maximum absolute atomic E-state index is 11.2. The summed E-state index contributed by atoms with van der Waals surface area (Å²) in [4.78, 5) is 11.2. The predicted molar refractivity (Wildman–Crippen MR) is 113 cm³/mol. The number of amides is 1. The summed E-state index contributed by atoms with van der Waals surface area (Å²) in [6.45, 7) is 6.38. The summed E-state index contributed by atoms with van der Waals surface area (Å²) in [5.74, 6) is 1.66. The zero-order valence-corrected chi connectivity index (χ0v) is 17.0. The molecule has 2 aromatic carbocycles. The van der Waals surface area contributed by atoms with Crippen LogP contribution in [0.3, 0.4) is 0 Å². The van der Waals surface area contributed by atoms with Gasteiger partial charge in [0.15, 0.2) is 0 Å². The van der Waals surface area contributed by atoms with Crippen LogP contribution in [0.4, 0.5) is 0 Å². The number of unbranched alkanes of at least 4 members (excludes halogenated alkanes) is 1. The Bertz CT molecular complexity index is 911. The lowest BCUT2D eigenvalue weighted by Crippen LogP contribution is -2.23. The van der Waals surface area contributed by atoms with Crippen LogP contribution in [0.5, 0.6) is 5.75 Å². The van der Waals surface area contributed by atoms with E-state index in [1.54, 1.807) is 0 Å². The van der Waals surface area contributed by atoms with Crippen molar-refractivity contribution < 1.29 is 13.9 Å². The molecule has 3 aromatic rings. The van der Waals surface area contributed by atoms with Gasteiger partial charge < -0.3 is 14.5 Å². The molecule has 0 aliphatic carbocycles. The molecule has 0 saturated carbocycles. The Balaban J connectivity index is 1.60. The Morgan fingerprint density at radius 2 is 1.79 bits per heavy atom. The van der Waals surface area contributed by atoms with Gasteiger partial charge in [-0.25, -0.2) is 0 Å². The van der Waals surface area contributed by atoms with Crippen molar-refractivity contribution in [3.8, 4) is 5.75 Å². The summed E-state index contributed by atoms with van der Waals surface area (Å²) >= 11 is 0. The van der Waals surface area contributed by atoms with Crippen molar-refractivity contribution in [3.63, 3.8) is 0 Å². The van der Waals surface area contributed by atoms with Gasteiger partial charge in [0.2, 0.25) is 5.91 Å². The fraction of sp³-hybridized carbons (Fsp3) is 0.375. The number of ether oxygens (including phenoxy) is 1. The summed E-state index contributed by atoms with van der Waals surface area (Å²) < 4.78 is 11.7. The van der Waals surface area contributed by atoms with Crippen LogP contribution in [0.1, 0.15) is 56.5 Å². The molecule has 1 heterocycles. The van der Waals surface area contributed by atoms with Crippen molar-refractivity contribution >= 4 is 16.9 Å². The van der Waals surface area contributed by atoms with Crippen LogP contribution >= 0.6 is 0 Å². The van der Waals surface area contributed by atoms with Gasteiger partial charge in [0.25, 0.3) is 0 Å². The van der Waals surface area contributed by atoms with Gasteiger partial charge in [-0.05, 0) is 61.6 Å². The summed E-state index contributed by atoms with van der Waals surface area (Å²) in [6.07, 6.45) is 4.15. The molecule has 1 atom stereocenters. The average molecular weight is 380 g/mol. The molecular formula is C24H29NO3. The maximum Gasteiger partial charge on any atom is 0.217 e. The molecule has 0 bridgehead atoms. The maximum atomic E-state index is 11.2. The number of aryl methyl sites for hydroxylation is 2. The number of furan rings is 1. The van der Waals surface area contributed by atoms with E-state index in [9.17, 15) is 4.79 Å². The van der Waals surface area contributed by atoms with Crippen molar-refractivity contribution in [2.24, 2.45) is 0 Å². The first-order valence-corrected chi connectivity index (χ1v) is 10.1. The van der Waals surface area contributed by atoms with E-state index in [0.717, 1.165) is 54.8 Å². The molecule has 148 valence electrons. The monoisotopic (exact) mass is 379 g/mol. The highest BCUT2D eigenvalue weighted by Gasteiger charge is 2.12. The number of hydrogen-bond donors (Lipinski definition) is 1. The molecule has 4 heteroatoms. The molecule has 0 radical (unpaired) electrons. The number of nitrogens with one attached hydrogen (secondary N) is 1. The Labute approximate surface area is 166 Å². The van der Waals surface area contributed by atoms with Crippen molar-refractivity contribution in [1.82, 2.24) is 5.32 Å². The molecule has 0 spiro atoms. The lowest BCUT2D eigenvalue weighted by molar-refractivity contribution is -0.119. The molecule has 4 nitrogen and oxygen atoms in total. The SMILES string of the molecule is CCCCOc1ccc(CCc2ccc3cc(C(C)NC(C)=O)oc3c2)cc1. The van der Waals surface area contributed by atoms with Crippen molar-refractivity contribution in [1.29, 1.82) is 0 Å². The van der Waals surface area contributed by atoms with Crippen molar-refractivity contribution in [2.75, 3.05) is 6.61 Å². The lowest BCUT2D eigenvalue weighted by atomic mass is 10.0. The zero-order chi connectivity index (χ0) is 19.9. The smallest absolute Gasteiger partial charge is 0.217 e. The number of benzene rings is 2. The van der Waals surface area contributed by atoms with Gasteiger partial charge in [-0.3, -0.25) is 4.79 Å². The van der Waals surface area contributed by atoms with E-state index in [0.29, 0.717) is 0 Å². The highest BCUT2D eigenvalue weighted by atomic mass is 16.5. The number of fused-ring (bicyclic) bond motifs is 1. The van der Waals surface area contributed by atoms with E-state index < -0.39 is 0 Å². The van der Waals surface area contributed by atoms with E-state index in [1.807, 2.05) is 13.0 Å². The van der Waals surface area contributed by atoms with E-state index in [4.69, 9.17) is 9.15 Å². The largest absolute Gasteiger partial charge is 0.494 e. The third kappa shape index (κ3) is 5.38. The van der Waals surface area contributed by atoms with Crippen LogP contribution in [0, 0.1) is 0 Å². The second-order valence-corrected chi connectivity index (χ2v) is 7.29. The standard InChI is InChI=1S/C24H29NO3/c1-4-5-14-27-22-12-9-19(10-13-22)6-7-20-8-11-21-16-23(28-24(21)15-20)17(2)25-18(3)26/h8-13,15-17H,4-7,14H2,1-3H3,(H,25,26). The van der Waals surface area contributed by atoms with Gasteiger partial charge in [0.05, 0.1) is 12.6 Å². The fourth-order valence-electron chi connectivity index (χ4n) is 3.22. The molecule has 0 aliphatic heterocycles. The highest BCUT2D eigenvalue weighted by molar-refractivity contribution is 5.79. The normalized spacial score (nSPS) is 12.1. The quantitative estimate of drug-likeness (QED) is 0.493. The summed E-state index contributed by atoms with van der Waals surface area (Å²) in [6, 6.07) is 16.6. The molecule has 1 N–H and O–H groups in total. The lowest BCUT2D eigenvalue weighted by Gasteiger charge is -2.08. The number of carbonyl (C=O) groups is 1. The van der Waals surface area contributed by atoms with Crippen molar-refractivity contribution in [2.45, 2.75) is 52.5 Å². The Morgan fingerprint density at radius 3 is 2.50 bits per heavy atom. The number of hydrogen-bond acceptors (Lipinski definition) is 3. The van der Waals surface area contributed by atoms with Crippen LogP contribution in [0.15, 0.2) is 52.9 Å². The van der Waals surface area contributed by atoms with Crippen LogP contribution in [-0.4, -0.2) is 12.5 Å². The first-order chi connectivity index (χ1) is 13.5. The molecular weight excluding hydrogens is 350 g/mol. The second kappa shape index (κ2) is 9.45. The second-order valence-electron chi connectivity index (χ2n) is 7.29. The molecule has 0 fully saturated rings. The van der Waals surface area contributed by atoms with Gasteiger partial charge in [-0.1, -0.05) is 37.6 Å². The topological polar surface area (TPSA) is 51.5 Å². The molecule has 0 saturated heterocycles. The van der Waals surface area contributed by atoms with E-state index in [-0.39, 0.29) is 11.9 Å². The van der Waals surface area contributed by atoms with Crippen LogP contribution in [0.25, 0.3) is 11.0 Å². The third-order valence-electron chi connectivity index (χ3n) is 4.84. The van der Waals surface area contributed by atoms with Gasteiger partial charge in [-0.15, -0.1) is 0 Å². The first-order valence-electron chi connectivity index (χ1n) is 10.1. The van der Waals surface area contributed by atoms with Gasteiger partial charge >= 0.3 is 0 Å². The zero-order valence-electron chi connectivity index (χ0n) is 17.0.